The molecule has 0 bridgehead atoms. The number of hydrogen-bond acceptors (Lipinski definition) is 5. The van der Waals surface area contributed by atoms with Crippen LogP contribution in [0.2, 0.25) is 0 Å². The van der Waals surface area contributed by atoms with E-state index in [1.54, 1.807) is 13.0 Å². The van der Waals surface area contributed by atoms with E-state index in [1.165, 1.54) is 0 Å². The van der Waals surface area contributed by atoms with Crippen LogP contribution in [-0.4, -0.2) is 49.4 Å². The lowest BCUT2D eigenvalue weighted by Gasteiger charge is -2.60. The number of allylic oxidation sites excluding steroid dienone is 1. The molecule has 4 aliphatic carbocycles. The van der Waals surface area contributed by atoms with Crippen LogP contribution >= 0.6 is 7.60 Å². The molecule has 0 aromatic carbocycles. The second-order valence-electron chi connectivity index (χ2n) is 10.2. The van der Waals surface area contributed by atoms with E-state index in [0.29, 0.717) is 19.3 Å². The Bertz CT molecular complexity index is 831. The zero-order valence-corrected chi connectivity index (χ0v) is 17.9. The molecule has 0 amide bonds. The first kappa shape index (κ1) is 21.4. The predicted octanol–water partition coefficient (Wildman–Crippen LogP) is 1.97. The third kappa shape index (κ3) is 3.04. The number of carbonyl (C=O) groups is 2. The Morgan fingerprint density at radius 1 is 1.21 bits per heavy atom. The van der Waals surface area contributed by atoms with E-state index >= 15 is 0 Å². The lowest BCUT2D eigenvalue weighted by Crippen LogP contribution is -2.62. The number of fused-ring (bicyclic) bond motifs is 5. The van der Waals surface area contributed by atoms with Gasteiger partial charge in [-0.3, -0.25) is 14.2 Å². The number of rotatable bonds is 3. The zero-order valence-electron chi connectivity index (χ0n) is 17.0. The molecule has 4 N–H and O–H groups in total. The number of aliphatic hydroxyl groups is 2. The van der Waals surface area contributed by atoms with E-state index in [4.69, 9.17) is 0 Å². The number of hydrogen-bond donors (Lipinski definition) is 4. The third-order valence-corrected chi connectivity index (χ3v) is 9.56. The molecule has 7 nitrogen and oxygen atoms in total. The molecule has 0 aromatic rings. The molecule has 0 aromatic heterocycles. The zero-order chi connectivity index (χ0) is 21.4. The largest absolute Gasteiger partial charge is 0.393 e. The first-order valence-electron chi connectivity index (χ1n) is 10.5. The maximum atomic E-state index is 12.8. The minimum Gasteiger partial charge on any atom is -0.393 e. The van der Waals surface area contributed by atoms with Crippen molar-refractivity contribution in [3.63, 3.8) is 0 Å². The van der Waals surface area contributed by atoms with Gasteiger partial charge in [-0.2, -0.15) is 0 Å². The molecule has 3 unspecified atom stereocenters. The van der Waals surface area contributed by atoms with Crippen LogP contribution < -0.4 is 0 Å². The Morgan fingerprint density at radius 3 is 2.55 bits per heavy atom. The lowest BCUT2D eigenvalue weighted by atomic mass is 9.45. The van der Waals surface area contributed by atoms with Crippen molar-refractivity contribution in [2.24, 2.45) is 28.6 Å². The minimum absolute atomic E-state index is 0.00220. The fourth-order valence-electron chi connectivity index (χ4n) is 7.47. The molecule has 0 heterocycles. The summed E-state index contributed by atoms with van der Waals surface area (Å²) in [4.78, 5) is 43.2. The first-order valence-corrected chi connectivity index (χ1v) is 12.3. The van der Waals surface area contributed by atoms with Gasteiger partial charge in [-0.15, -0.1) is 0 Å². The van der Waals surface area contributed by atoms with Crippen LogP contribution in [0.15, 0.2) is 11.6 Å². The molecule has 0 radical (unpaired) electrons. The van der Waals surface area contributed by atoms with Crippen molar-refractivity contribution < 1.29 is 34.2 Å². The van der Waals surface area contributed by atoms with Crippen LogP contribution in [-0.2, 0) is 14.2 Å². The van der Waals surface area contributed by atoms with Gasteiger partial charge in [0.2, 0.25) is 0 Å². The van der Waals surface area contributed by atoms with Gasteiger partial charge in [0, 0.05) is 11.8 Å². The van der Waals surface area contributed by atoms with Crippen molar-refractivity contribution in [2.75, 3.05) is 6.16 Å². The van der Waals surface area contributed by atoms with Gasteiger partial charge < -0.3 is 20.0 Å². The molecule has 29 heavy (non-hydrogen) atoms. The molecule has 0 aliphatic heterocycles. The van der Waals surface area contributed by atoms with Gasteiger partial charge in [0.1, 0.15) is 11.8 Å². The summed E-state index contributed by atoms with van der Waals surface area (Å²) in [5.41, 5.74) is -1.89. The molecule has 8 heteroatoms. The second-order valence-corrected chi connectivity index (χ2v) is 11.9. The molecule has 0 saturated heterocycles. The molecule has 4 rings (SSSR count). The summed E-state index contributed by atoms with van der Waals surface area (Å²) in [5, 5.41) is 22.6. The van der Waals surface area contributed by atoms with Crippen LogP contribution in [0.4, 0.5) is 0 Å². The maximum Gasteiger partial charge on any atom is 0.333 e. The van der Waals surface area contributed by atoms with Gasteiger partial charge in [-0.05, 0) is 67.8 Å². The summed E-state index contributed by atoms with van der Waals surface area (Å²) in [7, 11) is -4.59. The normalized spacial score (nSPS) is 47.1. The molecule has 7 atom stereocenters. The SMILES string of the molecule is C[C@]12CCC(=O)C=C1CCC1C2[C@H](O)C[C@@]2(C)C1CC[C@]2(O)C(=O)CP(=O)(O)O. The average molecular weight is 426 g/mol. The van der Waals surface area contributed by atoms with E-state index < -0.39 is 36.7 Å². The van der Waals surface area contributed by atoms with Crippen molar-refractivity contribution in [3.05, 3.63) is 11.6 Å². The highest BCUT2D eigenvalue weighted by Crippen LogP contribution is 2.67. The van der Waals surface area contributed by atoms with Crippen LogP contribution in [0.1, 0.15) is 58.8 Å². The number of carbonyl (C=O) groups excluding carboxylic acids is 2. The molecule has 0 spiro atoms. The third-order valence-electron chi connectivity index (χ3n) is 8.86. The van der Waals surface area contributed by atoms with Gasteiger partial charge in [0.15, 0.2) is 11.6 Å². The van der Waals surface area contributed by atoms with Crippen molar-refractivity contribution in [1.29, 1.82) is 0 Å². The predicted molar refractivity (Wildman–Crippen MR) is 105 cm³/mol. The molecule has 3 fully saturated rings. The summed E-state index contributed by atoms with van der Waals surface area (Å²) < 4.78 is 11.4. The van der Waals surface area contributed by atoms with Gasteiger partial charge in [-0.1, -0.05) is 19.4 Å². The monoisotopic (exact) mass is 426 g/mol. The van der Waals surface area contributed by atoms with Crippen molar-refractivity contribution >= 4 is 19.2 Å². The lowest BCUT2D eigenvalue weighted by molar-refractivity contribution is -0.179. The van der Waals surface area contributed by atoms with Crippen LogP contribution in [0.5, 0.6) is 0 Å². The summed E-state index contributed by atoms with van der Waals surface area (Å²) in [5.74, 6) is -0.599. The fraction of sp³-hybridized carbons (Fsp3) is 0.810. The highest BCUT2D eigenvalue weighted by Gasteiger charge is 2.68. The maximum absolute atomic E-state index is 12.8. The van der Waals surface area contributed by atoms with Gasteiger partial charge >= 0.3 is 7.60 Å². The Kier molecular flexibility index (Phi) is 4.85. The number of ketones is 2. The molecule has 162 valence electrons. The average Bonchev–Trinajstić information content (AvgIpc) is 2.86. The Balaban J connectivity index is 1.69. The minimum atomic E-state index is -4.59. The first-order chi connectivity index (χ1) is 13.3. The fourth-order valence-corrected chi connectivity index (χ4v) is 8.10. The van der Waals surface area contributed by atoms with E-state index in [1.807, 2.05) is 0 Å². The summed E-state index contributed by atoms with van der Waals surface area (Å²) in [6.45, 7) is 3.94. The summed E-state index contributed by atoms with van der Waals surface area (Å²) in [6, 6.07) is 0. The molecular formula is C21H31O7P. The molecular weight excluding hydrogens is 395 g/mol. The van der Waals surface area contributed by atoms with Crippen LogP contribution in [0, 0.1) is 28.6 Å². The second kappa shape index (κ2) is 6.57. The van der Waals surface area contributed by atoms with E-state index in [9.17, 15) is 34.2 Å². The van der Waals surface area contributed by atoms with E-state index in [-0.39, 0.29) is 41.8 Å². The number of aliphatic hydroxyl groups excluding tert-OH is 1. The van der Waals surface area contributed by atoms with Crippen molar-refractivity contribution in [1.82, 2.24) is 0 Å². The quantitative estimate of drug-likeness (QED) is 0.507. The van der Waals surface area contributed by atoms with Crippen LogP contribution in [0.25, 0.3) is 0 Å². The summed E-state index contributed by atoms with van der Waals surface area (Å²) >= 11 is 0. The van der Waals surface area contributed by atoms with E-state index in [2.05, 4.69) is 6.92 Å². The Hall–Kier alpha value is -0.850. The van der Waals surface area contributed by atoms with Gasteiger partial charge in [-0.25, -0.2) is 0 Å². The summed E-state index contributed by atoms with van der Waals surface area (Å²) in [6.07, 6.45) is 3.79. The smallest absolute Gasteiger partial charge is 0.333 e. The van der Waals surface area contributed by atoms with Crippen LogP contribution in [0.3, 0.4) is 0 Å². The topological polar surface area (TPSA) is 132 Å². The van der Waals surface area contributed by atoms with E-state index in [0.717, 1.165) is 18.4 Å². The molecule has 3 saturated carbocycles. The van der Waals surface area contributed by atoms with Gasteiger partial charge in [0.25, 0.3) is 0 Å². The highest BCUT2D eigenvalue weighted by molar-refractivity contribution is 7.52. The Morgan fingerprint density at radius 2 is 1.90 bits per heavy atom. The standard InChI is InChI=1S/C21H31O7P/c1-19-7-5-13(22)9-12(19)3-4-14-15-6-8-21(25,17(24)11-29(26,27)28)20(15,2)10-16(23)18(14)19/h9,14-16,18,23,25H,3-8,10-11H2,1-2H3,(H2,26,27,28)/t14?,15?,16-,18?,19+,20+,21+/m1/s1. The Labute approximate surface area is 170 Å². The van der Waals surface area contributed by atoms with Crippen molar-refractivity contribution in [2.45, 2.75) is 70.5 Å². The van der Waals surface area contributed by atoms with Crippen molar-refractivity contribution in [3.8, 4) is 0 Å². The molecule has 4 aliphatic rings. The highest BCUT2D eigenvalue weighted by atomic mass is 31.2. The number of Topliss-reactive ketones (excluding diaryl/α,β-unsaturated/α-hetero) is 1. The van der Waals surface area contributed by atoms with Gasteiger partial charge in [0.05, 0.1) is 6.10 Å².